The summed E-state index contributed by atoms with van der Waals surface area (Å²) in [6, 6.07) is 16.9. The van der Waals surface area contributed by atoms with Crippen LogP contribution in [0.25, 0.3) is 0 Å². The predicted octanol–water partition coefficient (Wildman–Crippen LogP) is 3.62. The predicted molar refractivity (Wildman–Crippen MR) is 109 cm³/mol. The number of nitrogens with zero attached hydrogens (tertiary/aromatic N) is 2. The molecule has 0 spiro atoms. The van der Waals surface area contributed by atoms with Gasteiger partial charge in [-0.3, -0.25) is 9.63 Å². The van der Waals surface area contributed by atoms with E-state index < -0.39 is 10.0 Å². The first kappa shape index (κ1) is 20.8. The Bertz CT molecular complexity index is 1080. The van der Waals surface area contributed by atoms with E-state index in [9.17, 15) is 13.2 Å². The molecule has 152 valence electrons. The van der Waals surface area contributed by atoms with E-state index in [1.165, 1.54) is 32.4 Å². The Morgan fingerprint density at radius 2 is 1.79 bits per heavy atom. The fourth-order valence-corrected chi connectivity index (χ4v) is 3.77. The molecule has 2 aromatic carbocycles. The van der Waals surface area contributed by atoms with Crippen molar-refractivity contribution in [3.05, 3.63) is 83.8 Å². The number of aryl methyl sites for hydroxylation is 1. The summed E-state index contributed by atoms with van der Waals surface area (Å²) >= 11 is 0. The van der Waals surface area contributed by atoms with Crippen molar-refractivity contribution in [3.63, 3.8) is 0 Å². The molecule has 0 aliphatic carbocycles. The van der Waals surface area contributed by atoms with Crippen molar-refractivity contribution >= 4 is 21.6 Å². The molecule has 0 aliphatic heterocycles. The molecule has 1 aromatic heterocycles. The third-order valence-corrected chi connectivity index (χ3v) is 6.13. The summed E-state index contributed by atoms with van der Waals surface area (Å²) in [7, 11) is -1.32. The summed E-state index contributed by atoms with van der Waals surface area (Å²) in [5, 5.41) is 0. The fourth-order valence-electron chi connectivity index (χ4n) is 2.76. The number of benzene rings is 2. The Kier molecular flexibility index (Phi) is 6.17. The molecule has 7 nitrogen and oxygen atoms in total. The molecule has 0 radical (unpaired) electrons. The molecule has 0 atom stereocenters. The third kappa shape index (κ3) is 4.56. The number of rotatable bonds is 7. The van der Waals surface area contributed by atoms with Crippen LogP contribution in [-0.2, 0) is 21.4 Å². The zero-order chi connectivity index (χ0) is 21.0. The van der Waals surface area contributed by atoms with Crippen molar-refractivity contribution in [2.75, 3.05) is 19.1 Å². The van der Waals surface area contributed by atoms with Gasteiger partial charge in [0.1, 0.15) is 5.76 Å². The first-order valence-corrected chi connectivity index (χ1v) is 10.3. The lowest BCUT2D eigenvalue weighted by atomic mass is 10.1. The first-order chi connectivity index (χ1) is 13.8. The Morgan fingerprint density at radius 3 is 2.41 bits per heavy atom. The van der Waals surface area contributed by atoms with Gasteiger partial charge in [0.05, 0.1) is 24.8 Å². The molecule has 0 aliphatic rings. The number of sulfonamides is 1. The van der Waals surface area contributed by atoms with Gasteiger partial charge in [-0.05, 0) is 49.4 Å². The van der Waals surface area contributed by atoms with Gasteiger partial charge >= 0.3 is 0 Å². The van der Waals surface area contributed by atoms with Crippen LogP contribution in [0, 0.1) is 6.92 Å². The molecule has 0 saturated heterocycles. The summed E-state index contributed by atoms with van der Waals surface area (Å²) in [5.41, 5.74) is 1.98. The van der Waals surface area contributed by atoms with Crippen molar-refractivity contribution in [1.82, 2.24) is 4.47 Å². The largest absolute Gasteiger partial charge is 0.467 e. The molecule has 29 heavy (non-hydrogen) atoms. The van der Waals surface area contributed by atoms with Crippen LogP contribution in [0.2, 0.25) is 0 Å². The Balaban J connectivity index is 2.00. The van der Waals surface area contributed by atoms with Gasteiger partial charge in [0.15, 0.2) is 0 Å². The number of carbonyl (C=O) groups excluding carboxylic acids is 1. The topological polar surface area (TPSA) is 80.1 Å². The summed E-state index contributed by atoms with van der Waals surface area (Å²) in [5.74, 6) is 0.268. The second-order valence-corrected chi connectivity index (χ2v) is 8.37. The highest BCUT2D eigenvalue weighted by Crippen LogP contribution is 2.23. The maximum absolute atomic E-state index is 13.3. The fraction of sp³-hybridized carbons (Fsp3) is 0.190. The van der Waals surface area contributed by atoms with E-state index >= 15 is 0 Å². The van der Waals surface area contributed by atoms with Gasteiger partial charge in [0.2, 0.25) is 0 Å². The van der Waals surface area contributed by atoms with Gasteiger partial charge in [-0.25, -0.2) is 8.42 Å². The number of furan rings is 1. The van der Waals surface area contributed by atoms with Gasteiger partial charge in [0, 0.05) is 18.3 Å². The minimum atomic E-state index is -3.87. The SMILES string of the molecule is CON(C)S(=O)(=O)c1cccc(C(=O)N(Cc2ccco2)c2ccc(C)cc2)c1. The molecule has 0 N–H and O–H groups in total. The van der Waals surface area contributed by atoms with Crippen LogP contribution in [0.4, 0.5) is 5.69 Å². The van der Waals surface area contributed by atoms with Gasteiger partial charge in [-0.15, -0.1) is 0 Å². The molecule has 1 amide bonds. The summed E-state index contributed by atoms with van der Waals surface area (Å²) in [4.78, 5) is 19.6. The maximum Gasteiger partial charge on any atom is 0.264 e. The molecule has 1 heterocycles. The van der Waals surface area contributed by atoms with Gasteiger partial charge < -0.3 is 9.32 Å². The van der Waals surface area contributed by atoms with E-state index in [-0.39, 0.29) is 22.9 Å². The number of hydrogen-bond donors (Lipinski definition) is 0. The molecule has 0 bridgehead atoms. The monoisotopic (exact) mass is 414 g/mol. The van der Waals surface area contributed by atoms with Gasteiger partial charge in [0.25, 0.3) is 15.9 Å². The van der Waals surface area contributed by atoms with Crippen molar-refractivity contribution in [2.24, 2.45) is 0 Å². The van der Waals surface area contributed by atoms with E-state index in [0.717, 1.165) is 10.0 Å². The van der Waals surface area contributed by atoms with Crippen LogP contribution in [0.1, 0.15) is 21.7 Å². The molecular formula is C21H22N2O5S. The van der Waals surface area contributed by atoms with Crippen LogP contribution in [0.15, 0.2) is 76.2 Å². The molecule has 3 rings (SSSR count). The van der Waals surface area contributed by atoms with Gasteiger partial charge in [-0.2, -0.15) is 0 Å². The number of anilines is 1. The number of hydroxylamine groups is 1. The van der Waals surface area contributed by atoms with E-state index in [1.807, 2.05) is 31.2 Å². The Hall–Kier alpha value is -2.94. The molecule has 0 unspecified atom stereocenters. The minimum absolute atomic E-state index is 0.0328. The lowest BCUT2D eigenvalue weighted by Crippen LogP contribution is -2.31. The molecule has 0 saturated carbocycles. The standard InChI is InChI=1S/C21H22N2O5S/c1-16-9-11-18(12-10-16)23(15-19-7-5-13-28-19)21(24)17-6-4-8-20(14-17)29(25,26)22(2)27-3/h4-14H,15H2,1-3H3. The number of hydrogen-bond acceptors (Lipinski definition) is 5. The zero-order valence-corrected chi connectivity index (χ0v) is 17.2. The first-order valence-electron chi connectivity index (χ1n) is 8.87. The van der Waals surface area contributed by atoms with E-state index in [2.05, 4.69) is 0 Å². The summed E-state index contributed by atoms with van der Waals surface area (Å²) in [6.07, 6.45) is 1.54. The smallest absolute Gasteiger partial charge is 0.264 e. The van der Waals surface area contributed by atoms with Crippen LogP contribution < -0.4 is 4.90 Å². The van der Waals surface area contributed by atoms with Crippen LogP contribution in [0.5, 0.6) is 0 Å². The van der Waals surface area contributed by atoms with Crippen molar-refractivity contribution in [1.29, 1.82) is 0 Å². The van der Waals surface area contributed by atoms with E-state index in [1.54, 1.807) is 29.4 Å². The molecule has 0 fully saturated rings. The van der Waals surface area contributed by atoms with E-state index in [4.69, 9.17) is 9.25 Å². The Morgan fingerprint density at radius 1 is 1.07 bits per heavy atom. The van der Waals surface area contributed by atoms with Crippen molar-refractivity contribution in [3.8, 4) is 0 Å². The zero-order valence-electron chi connectivity index (χ0n) is 16.4. The van der Waals surface area contributed by atoms with Crippen molar-refractivity contribution < 1.29 is 22.5 Å². The second-order valence-electron chi connectivity index (χ2n) is 6.43. The molecule has 3 aromatic rings. The highest BCUT2D eigenvalue weighted by molar-refractivity contribution is 7.89. The maximum atomic E-state index is 13.3. The summed E-state index contributed by atoms with van der Waals surface area (Å²) in [6.45, 7) is 2.17. The van der Waals surface area contributed by atoms with Crippen molar-refractivity contribution in [2.45, 2.75) is 18.4 Å². The molecular weight excluding hydrogens is 392 g/mol. The highest BCUT2D eigenvalue weighted by Gasteiger charge is 2.24. The highest BCUT2D eigenvalue weighted by atomic mass is 32.2. The second kappa shape index (κ2) is 8.60. The lowest BCUT2D eigenvalue weighted by molar-refractivity contribution is -0.0258. The Labute approximate surface area is 170 Å². The van der Waals surface area contributed by atoms with Crippen LogP contribution in [0.3, 0.4) is 0 Å². The quantitative estimate of drug-likeness (QED) is 0.552. The van der Waals surface area contributed by atoms with Crippen LogP contribution >= 0.6 is 0 Å². The average molecular weight is 414 g/mol. The number of carbonyl (C=O) groups is 1. The molecule has 8 heteroatoms. The minimum Gasteiger partial charge on any atom is -0.467 e. The average Bonchev–Trinajstić information content (AvgIpc) is 3.25. The number of amides is 1. The third-order valence-electron chi connectivity index (χ3n) is 4.46. The normalized spacial score (nSPS) is 11.6. The van der Waals surface area contributed by atoms with E-state index in [0.29, 0.717) is 11.4 Å². The summed E-state index contributed by atoms with van der Waals surface area (Å²) < 4.78 is 31.2. The van der Waals surface area contributed by atoms with Gasteiger partial charge in [-0.1, -0.05) is 28.2 Å². The lowest BCUT2D eigenvalue weighted by Gasteiger charge is -2.23. The van der Waals surface area contributed by atoms with Crippen LogP contribution in [-0.4, -0.2) is 33.0 Å².